The van der Waals surface area contributed by atoms with Crippen molar-refractivity contribution in [2.45, 2.75) is 0 Å². The Morgan fingerprint density at radius 2 is 0.923 bits per heavy atom. The molecule has 0 aliphatic carbocycles. The van der Waals surface area contributed by atoms with Gasteiger partial charge in [0.1, 0.15) is 6.33 Å². The first-order valence-corrected chi connectivity index (χ1v) is 3.70. The van der Waals surface area contributed by atoms with Crippen molar-refractivity contribution in [2.24, 2.45) is 0 Å². The van der Waals surface area contributed by atoms with Crippen LogP contribution in [0.5, 0.6) is 0 Å². The molecule has 0 atom stereocenters. The van der Waals surface area contributed by atoms with Gasteiger partial charge in [0.05, 0.1) is 0 Å². The molecule has 1 aromatic carbocycles. The van der Waals surface area contributed by atoms with Crippen molar-refractivity contribution < 1.29 is 5.48 Å². The van der Waals surface area contributed by atoms with Gasteiger partial charge in [-0.1, -0.05) is 36.4 Å². The molecule has 2 N–H and O–H groups in total. The van der Waals surface area contributed by atoms with Crippen LogP contribution in [-0.2, 0) is 0 Å². The van der Waals surface area contributed by atoms with Crippen LogP contribution in [0.15, 0.2) is 61.2 Å². The first-order chi connectivity index (χ1) is 6.00. The van der Waals surface area contributed by atoms with Gasteiger partial charge in [-0.25, -0.2) is 9.97 Å². The van der Waals surface area contributed by atoms with E-state index in [2.05, 4.69) is 9.97 Å². The maximum Gasteiger partial charge on any atom is 0.115 e. The highest BCUT2D eigenvalue weighted by Gasteiger charge is 1.59. The van der Waals surface area contributed by atoms with Crippen LogP contribution in [-0.4, -0.2) is 15.4 Å². The number of nitrogens with zero attached hydrogens (tertiary/aromatic N) is 2. The zero-order chi connectivity index (χ0) is 8.49. The second kappa shape index (κ2) is 8.36. The molecule has 2 rings (SSSR count). The molecule has 3 nitrogen and oxygen atoms in total. The predicted octanol–water partition coefficient (Wildman–Crippen LogP) is 1.34. The van der Waals surface area contributed by atoms with Crippen molar-refractivity contribution in [3.05, 3.63) is 61.2 Å². The van der Waals surface area contributed by atoms with Gasteiger partial charge in [-0.2, -0.15) is 0 Å². The van der Waals surface area contributed by atoms with Gasteiger partial charge in [-0.05, 0) is 6.07 Å². The molecule has 0 bridgehead atoms. The second-order valence-electron chi connectivity index (χ2n) is 2.06. The maximum atomic E-state index is 3.67. The first-order valence-electron chi connectivity index (χ1n) is 3.70. The topological polar surface area (TPSA) is 57.3 Å². The van der Waals surface area contributed by atoms with E-state index >= 15 is 0 Å². The van der Waals surface area contributed by atoms with Crippen LogP contribution in [0.4, 0.5) is 0 Å². The van der Waals surface area contributed by atoms with Crippen LogP contribution < -0.4 is 0 Å². The molecule has 0 radical (unpaired) electrons. The fourth-order valence-corrected chi connectivity index (χ4v) is 0.638. The minimum absolute atomic E-state index is 0. The molecular weight excluding hydrogens is 164 g/mol. The fourth-order valence-electron chi connectivity index (χ4n) is 0.638. The van der Waals surface area contributed by atoms with E-state index in [1.165, 1.54) is 6.33 Å². The quantitative estimate of drug-likeness (QED) is 0.608. The molecule has 1 aromatic heterocycles. The molecular formula is C10H12N2O. The van der Waals surface area contributed by atoms with Crippen molar-refractivity contribution in [3.63, 3.8) is 0 Å². The molecule has 2 aromatic rings. The van der Waals surface area contributed by atoms with Crippen LogP contribution in [0, 0.1) is 0 Å². The molecule has 0 aliphatic rings. The Morgan fingerprint density at radius 1 is 0.538 bits per heavy atom. The van der Waals surface area contributed by atoms with Crippen LogP contribution in [0.2, 0.25) is 0 Å². The third-order valence-corrected chi connectivity index (χ3v) is 1.14. The minimum atomic E-state index is 0. The van der Waals surface area contributed by atoms with E-state index in [0.29, 0.717) is 0 Å². The fraction of sp³-hybridized carbons (Fsp3) is 0. The number of benzene rings is 1. The van der Waals surface area contributed by atoms with E-state index in [1.807, 2.05) is 36.4 Å². The molecule has 0 unspecified atom stereocenters. The summed E-state index contributed by atoms with van der Waals surface area (Å²) in [6.45, 7) is 0. The lowest BCUT2D eigenvalue weighted by Crippen LogP contribution is -1.66. The highest BCUT2D eigenvalue weighted by Crippen LogP contribution is 1.79. The first kappa shape index (κ1) is 11.3. The summed E-state index contributed by atoms with van der Waals surface area (Å²) in [5, 5.41) is 0. The number of hydrogen-bond donors (Lipinski definition) is 0. The average molecular weight is 176 g/mol. The van der Waals surface area contributed by atoms with E-state index in [1.54, 1.807) is 18.5 Å². The Balaban J connectivity index is 0.000000206. The van der Waals surface area contributed by atoms with Gasteiger partial charge in [0.25, 0.3) is 0 Å². The van der Waals surface area contributed by atoms with E-state index in [4.69, 9.17) is 0 Å². The van der Waals surface area contributed by atoms with Crippen LogP contribution in [0.25, 0.3) is 0 Å². The molecule has 1 heterocycles. The Morgan fingerprint density at radius 3 is 1.08 bits per heavy atom. The third-order valence-electron chi connectivity index (χ3n) is 1.14. The van der Waals surface area contributed by atoms with Crippen LogP contribution in [0.3, 0.4) is 0 Å². The number of rotatable bonds is 0. The molecule has 0 saturated carbocycles. The summed E-state index contributed by atoms with van der Waals surface area (Å²) in [6, 6.07) is 13.8. The summed E-state index contributed by atoms with van der Waals surface area (Å²) in [5.41, 5.74) is 0. The van der Waals surface area contributed by atoms with Crippen LogP contribution in [0.1, 0.15) is 0 Å². The van der Waals surface area contributed by atoms with Crippen molar-refractivity contribution in [1.29, 1.82) is 0 Å². The Kier molecular flexibility index (Phi) is 7.24. The van der Waals surface area contributed by atoms with Gasteiger partial charge in [-0.15, -0.1) is 0 Å². The molecule has 0 saturated heterocycles. The summed E-state index contributed by atoms with van der Waals surface area (Å²) < 4.78 is 0. The highest BCUT2D eigenvalue weighted by atomic mass is 16.0. The van der Waals surface area contributed by atoms with Gasteiger partial charge < -0.3 is 5.48 Å². The molecule has 0 aliphatic heterocycles. The third kappa shape index (κ3) is 6.65. The Labute approximate surface area is 77.4 Å². The standard InChI is InChI=1S/C6H6.C4H4N2.H2O/c1-2-4-6-5-3-1;1-2-5-4-6-3-1;/h1-6H;1-4H;1H2. The number of hydrogen-bond acceptors (Lipinski definition) is 2. The smallest absolute Gasteiger partial charge is 0.115 e. The van der Waals surface area contributed by atoms with Gasteiger partial charge in [-0.3, -0.25) is 0 Å². The summed E-state index contributed by atoms with van der Waals surface area (Å²) in [6.07, 6.45) is 4.88. The van der Waals surface area contributed by atoms with Crippen molar-refractivity contribution in [3.8, 4) is 0 Å². The SMILES string of the molecule is O.c1ccccc1.c1cncnc1. The van der Waals surface area contributed by atoms with Crippen LogP contribution >= 0.6 is 0 Å². The monoisotopic (exact) mass is 176 g/mol. The van der Waals surface area contributed by atoms with E-state index < -0.39 is 0 Å². The largest absolute Gasteiger partial charge is 0.412 e. The minimum Gasteiger partial charge on any atom is -0.412 e. The van der Waals surface area contributed by atoms with Gasteiger partial charge in [0, 0.05) is 12.4 Å². The molecule has 68 valence electrons. The van der Waals surface area contributed by atoms with Crippen molar-refractivity contribution >= 4 is 0 Å². The Hall–Kier alpha value is -1.74. The van der Waals surface area contributed by atoms with E-state index in [0.717, 1.165) is 0 Å². The molecule has 0 amide bonds. The van der Waals surface area contributed by atoms with Gasteiger partial charge in [0.2, 0.25) is 0 Å². The zero-order valence-electron chi connectivity index (χ0n) is 7.17. The molecule has 0 spiro atoms. The Bertz CT molecular complexity index is 188. The van der Waals surface area contributed by atoms with Crippen molar-refractivity contribution in [1.82, 2.24) is 9.97 Å². The van der Waals surface area contributed by atoms with E-state index in [-0.39, 0.29) is 5.48 Å². The lowest BCUT2D eigenvalue weighted by Gasteiger charge is -1.70. The normalized spacial score (nSPS) is 7.38. The number of aromatic nitrogens is 2. The molecule has 13 heavy (non-hydrogen) atoms. The van der Waals surface area contributed by atoms with Gasteiger partial charge in [0.15, 0.2) is 0 Å². The summed E-state index contributed by atoms with van der Waals surface area (Å²) >= 11 is 0. The van der Waals surface area contributed by atoms with Crippen molar-refractivity contribution in [2.75, 3.05) is 0 Å². The zero-order valence-corrected chi connectivity index (χ0v) is 7.17. The second-order valence-corrected chi connectivity index (χ2v) is 2.06. The maximum absolute atomic E-state index is 3.67. The predicted molar refractivity (Wildman–Crippen MR) is 52.1 cm³/mol. The lowest BCUT2D eigenvalue weighted by atomic mass is 10.4. The molecule has 0 fully saturated rings. The summed E-state index contributed by atoms with van der Waals surface area (Å²) in [5.74, 6) is 0. The van der Waals surface area contributed by atoms with E-state index in [9.17, 15) is 0 Å². The highest BCUT2D eigenvalue weighted by molar-refractivity contribution is 4.99. The lowest BCUT2D eigenvalue weighted by molar-refractivity contribution is 0.824. The van der Waals surface area contributed by atoms with Gasteiger partial charge >= 0.3 is 0 Å². The molecule has 3 heteroatoms. The average Bonchev–Trinajstić information content (AvgIpc) is 2.24. The summed E-state index contributed by atoms with van der Waals surface area (Å²) in [4.78, 5) is 7.35. The summed E-state index contributed by atoms with van der Waals surface area (Å²) in [7, 11) is 0.